The van der Waals surface area contributed by atoms with Crippen molar-refractivity contribution in [3.8, 4) is 0 Å². The van der Waals surface area contributed by atoms with Gasteiger partial charge in [0.05, 0.1) is 12.5 Å². The Bertz CT molecular complexity index is 332. The summed E-state index contributed by atoms with van der Waals surface area (Å²) in [5, 5.41) is 0. The van der Waals surface area contributed by atoms with Gasteiger partial charge in [0.15, 0.2) is 0 Å². The second-order valence-corrected chi connectivity index (χ2v) is 4.81. The van der Waals surface area contributed by atoms with Crippen LogP contribution in [0.1, 0.15) is 20.3 Å². The zero-order valence-corrected chi connectivity index (χ0v) is 9.51. The second-order valence-electron chi connectivity index (χ2n) is 4.81. The summed E-state index contributed by atoms with van der Waals surface area (Å²) in [6.45, 7) is 4.12. The molecule has 2 aliphatic rings. The van der Waals surface area contributed by atoms with Gasteiger partial charge < -0.3 is 9.47 Å². The number of esters is 1. The predicted molar refractivity (Wildman–Crippen MR) is 56.5 cm³/mol. The molecule has 0 radical (unpaired) electrons. The summed E-state index contributed by atoms with van der Waals surface area (Å²) >= 11 is 0. The molecule has 0 amide bonds. The molecule has 0 N–H and O–H groups in total. The largest absolute Gasteiger partial charge is 0.516 e. The predicted octanol–water partition coefficient (Wildman–Crippen LogP) is 2.14. The minimum absolute atomic E-state index is 0.114. The fourth-order valence-electron chi connectivity index (χ4n) is 2.11. The van der Waals surface area contributed by atoms with Crippen LogP contribution in [-0.2, 0) is 14.3 Å². The van der Waals surface area contributed by atoms with E-state index >= 15 is 0 Å². The molecule has 0 heterocycles. The van der Waals surface area contributed by atoms with Crippen LogP contribution in [0.15, 0.2) is 12.2 Å². The van der Waals surface area contributed by atoms with Crippen molar-refractivity contribution >= 4 is 12.1 Å². The number of ether oxygens (including phenoxy) is 2. The number of hydrogen-bond donors (Lipinski definition) is 0. The molecule has 1 fully saturated rings. The highest BCUT2D eigenvalue weighted by Crippen LogP contribution is 2.54. The zero-order chi connectivity index (χ0) is 11.7. The van der Waals surface area contributed by atoms with Crippen molar-refractivity contribution in [1.82, 2.24) is 0 Å². The molecule has 2 unspecified atom stereocenters. The van der Waals surface area contributed by atoms with Crippen LogP contribution >= 0.6 is 0 Å². The van der Waals surface area contributed by atoms with Gasteiger partial charge in [-0.3, -0.25) is 4.79 Å². The van der Waals surface area contributed by atoms with Gasteiger partial charge in [-0.2, -0.15) is 0 Å². The van der Waals surface area contributed by atoms with Crippen molar-refractivity contribution in [3.63, 3.8) is 0 Å². The molecule has 4 nitrogen and oxygen atoms in total. The first-order valence-electron chi connectivity index (χ1n) is 5.64. The van der Waals surface area contributed by atoms with Gasteiger partial charge in [0.2, 0.25) is 0 Å². The fraction of sp³-hybridized carbons (Fsp3) is 0.667. The Morgan fingerprint density at radius 1 is 1.44 bits per heavy atom. The van der Waals surface area contributed by atoms with Crippen molar-refractivity contribution in [2.75, 3.05) is 6.61 Å². The second kappa shape index (κ2) is 4.28. The lowest BCUT2D eigenvalue weighted by molar-refractivity contribution is -0.142. The average molecular weight is 224 g/mol. The van der Waals surface area contributed by atoms with Gasteiger partial charge in [-0.25, -0.2) is 4.79 Å². The van der Waals surface area contributed by atoms with E-state index in [9.17, 15) is 9.59 Å². The molecule has 0 aromatic heterocycles. The van der Waals surface area contributed by atoms with E-state index in [0.717, 1.165) is 6.42 Å². The molecular weight excluding hydrogens is 208 g/mol. The van der Waals surface area contributed by atoms with E-state index in [4.69, 9.17) is 4.74 Å². The van der Waals surface area contributed by atoms with Crippen LogP contribution in [0.4, 0.5) is 4.79 Å². The van der Waals surface area contributed by atoms with E-state index < -0.39 is 12.1 Å². The molecule has 0 bridgehead atoms. The normalized spacial score (nSPS) is 30.1. The molecule has 0 aliphatic heterocycles. The maximum absolute atomic E-state index is 11.5. The van der Waals surface area contributed by atoms with Crippen LogP contribution < -0.4 is 0 Å². The monoisotopic (exact) mass is 224 g/mol. The third-order valence-corrected chi connectivity index (χ3v) is 2.99. The fourth-order valence-corrected chi connectivity index (χ4v) is 2.11. The highest BCUT2D eigenvalue weighted by molar-refractivity contribution is 5.86. The maximum atomic E-state index is 11.5. The highest BCUT2D eigenvalue weighted by Gasteiger charge is 2.56. The number of carbonyl (C=O) groups is 2. The summed E-state index contributed by atoms with van der Waals surface area (Å²) in [5.41, 5.74) is 0. The number of allylic oxidation sites excluding steroid dienone is 2. The zero-order valence-electron chi connectivity index (χ0n) is 9.51. The molecule has 4 heteroatoms. The Morgan fingerprint density at radius 2 is 2.19 bits per heavy atom. The maximum Gasteiger partial charge on any atom is 0.516 e. The van der Waals surface area contributed by atoms with Gasteiger partial charge in [-0.05, 0) is 24.2 Å². The smallest absolute Gasteiger partial charge is 0.434 e. The van der Waals surface area contributed by atoms with Crippen molar-refractivity contribution in [1.29, 1.82) is 0 Å². The average Bonchev–Trinajstić information content (AvgIpc) is 2.70. The summed E-state index contributed by atoms with van der Waals surface area (Å²) in [7, 11) is 0. The van der Waals surface area contributed by atoms with Gasteiger partial charge in [0.25, 0.3) is 0 Å². The lowest BCUT2D eigenvalue weighted by Crippen LogP contribution is -2.18. The van der Waals surface area contributed by atoms with E-state index in [2.05, 4.69) is 10.8 Å². The van der Waals surface area contributed by atoms with E-state index in [1.54, 1.807) is 0 Å². The summed E-state index contributed by atoms with van der Waals surface area (Å²) in [6, 6.07) is 0. The van der Waals surface area contributed by atoms with Crippen molar-refractivity contribution in [2.45, 2.75) is 20.3 Å². The molecule has 0 saturated heterocycles. The summed E-state index contributed by atoms with van der Waals surface area (Å²) in [4.78, 5) is 22.6. The van der Waals surface area contributed by atoms with Crippen LogP contribution in [0, 0.1) is 23.7 Å². The van der Waals surface area contributed by atoms with Gasteiger partial charge >= 0.3 is 12.1 Å². The van der Waals surface area contributed by atoms with Crippen LogP contribution in [0.25, 0.3) is 0 Å². The molecule has 2 rings (SSSR count). The Morgan fingerprint density at radius 3 is 2.75 bits per heavy atom. The SMILES string of the molecule is CC(C)COC(=O)OC(=O)C1C2C=CC[C@@H]21. The van der Waals surface area contributed by atoms with Crippen molar-refractivity contribution in [3.05, 3.63) is 12.2 Å². The lowest BCUT2D eigenvalue weighted by Gasteiger charge is -2.06. The Balaban J connectivity index is 1.72. The molecular formula is C12H16O4. The van der Waals surface area contributed by atoms with Gasteiger partial charge in [-0.15, -0.1) is 0 Å². The molecule has 16 heavy (non-hydrogen) atoms. The molecule has 2 aliphatic carbocycles. The van der Waals surface area contributed by atoms with Crippen LogP contribution in [0.3, 0.4) is 0 Å². The Kier molecular flexibility index (Phi) is 2.99. The lowest BCUT2D eigenvalue weighted by atomic mass is 10.2. The third-order valence-electron chi connectivity index (χ3n) is 2.99. The first-order chi connectivity index (χ1) is 7.59. The van der Waals surface area contributed by atoms with Crippen LogP contribution in [-0.4, -0.2) is 18.7 Å². The van der Waals surface area contributed by atoms with E-state index in [1.165, 1.54) is 0 Å². The number of fused-ring (bicyclic) bond motifs is 1. The number of rotatable bonds is 3. The number of hydrogen-bond acceptors (Lipinski definition) is 4. The van der Waals surface area contributed by atoms with Gasteiger partial charge in [-0.1, -0.05) is 26.0 Å². The minimum Gasteiger partial charge on any atom is -0.434 e. The minimum atomic E-state index is -0.868. The third kappa shape index (κ3) is 2.26. The molecule has 88 valence electrons. The Labute approximate surface area is 94.6 Å². The van der Waals surface area contributed by atoms with Gasteiger partial charge in [0.1, 0.15) is 0 Å². The van der Waals surface area contributed by atoms with E-state index in [0.29, 0.717) is 11.8 Å². The molecule has 1 saturated carbocycles. The summed E-state index contributed by atoms with van der Waals surface area (Å²) in [5.74, 6) is 0.353. The molecule has 0 aromatic rings. The summed E-state index contributed by atoms with van der Waals surface area (Å²) in [6.07, 6.45) is 4.14. The molecule has 3 atom stereocenters. The first-order valence-corrected chi connectivity index (χ1v) is 5.64. The van der Waals surface area contributed by atoms with Crippen LogP contribution in [0.5, 0.6) is 0 Å². The molecule has 0 spiro atoms. The number of carbonyl (C=O) groups excluding carboxylic acids is 2. The van der Waals surface area contributed by atoms with E-state index in [-0.39, 0.29) is 18.4 Å². The molecule has 0 aromatic carbocycles. The first kappa shape index (κ1) is 11.2. The highest BCUT2D eigenvalue weighted by atomic mass is 16.7. The summed E-state index contributed by atoms with van der Waals surface area (Å²) < 4.78 is 9.40. The van der Waals surface area contributed by atoms with Crippen LogP contribution in [0.2, 0.25) is 0 Å². The van der Waals surface area contributed by atoms with E-state index in [1.807, 2.05) is 19.9 Å². The Hall–Kier alpha value is -1.32. The van der Waals surface area contributed by atoms with Gasteiger partial charge in [0, 0.05) is 0 Å². The quantitative estimate of drug-likeness (QED) is 0.418. The van der Waals surface area contributed by atoms with Crippen molar-refractivity contribution in [2.24, 2.45) is 23.7 Å². The topological polar surface area (TPSA) is 52.6 Å². The standard InChI is InChI=1S/C12H16O4/c1-7(2)6-15-12(14)16-11(13)10-8-4-3-5-9(8)10/h3-4,7-10H,5-6H2,1-2H3/t8?,9-,10?/m0/s1. The van der Waals surface area contributed by atoms with Crippen molar-refractivity contribution < 1.29 is 19.1 Å².